The van der Waals surface area contributed by atoms with E-state index >= 15 is 0 Å². The molecule has 3 aromatic rings. The topological polar surface area (TPSA) is 135 Å². The van der Waals surface area contributed by atoms with E-state index in [9.17, 15) is 18.5 Å². The first-order valence-electron chi connectivity index (χ1n) is 12.3. The van der Waals surface area contributed by atoms with E-state index in [1.54, 1.807) is 0 Å². The van der Waals surface area contributed by atoms with Crippen molar-refractivity contribution in [1.29, 1.82) is 0 Å². The molecular formula is C26H31FN6O3S. The van der Waals surface area contributed by atoms with E-state index in [4.69, 9.17) is 10.1 Å². The molecule has 2 aliphatic carbocycles. The number of nitrogens with zero attached hydrogens (tertiary/aromatic N) is 4. The lowest BCUT2D eigenvalue weighted by Crippen LogP contribution is -2.20. The molecule has 5 rings (SSSR count). The molecule has 0 spiro atoms. The molecule has 2 aromatic heterocycles. The third-order valence-corrected chi connectivity index (χ3v) is 8.34. The van der Waals surface area contributed by atoms with E-state index in [-0.39, 0.29) is 16.1 Å². The highest BCUT2D eigenvalue weighted by atomic mass is 32.2. The maximum Gasteiger partial charge on any atom is 0.354 e. The molecule has 196 valence electrons. The minimum Gasteiger partial charge on any atom is -0.384 e. The van der Waals surface area contributed by atoms with Gasteiger partial charge in [-0.3, -0.25) is 4.98 Å². The number of aliphatic hydroxyl groups is 1. The smallest absolute Gasteiger partial charge is 0.354 e. The van der Waals surface area contributed by atoms with Gasteiger partial charge < -0.3 is 10.4 Å². The van der Waals surface area contributed by atoms with Crippen LogP contribution in [-0.2, 0) is 40.2 Å². The first kappa shape index (κ1) is 25.5. The number of nitrogens with two attached hydrogens (primary N) is 1. The number of fused-ring (bicyclic) bond motifs is 2. The Labute approximate surface area is 215 Å². The van der Waals surface area contributed by atoms with Crippen LogP contribution in [0.4, 0.5) is 14.9 Å². The summed E-state index contributed by atoms with van der Waals surface area (Å²) >= 11 is 0. The maximum atomic E-state index is 13.5. The van der Waals surface area contributed by atoms with Crippen LogP contribution in [0.3, 0.4) is 0 Å². The number of carbonyl (C=O) groups excluding carboxylic acids is 1. The highest BCUT2D eigenvalue weighted by Crippen LogP contribution is 2.44. The van der Waals surface area contributed by atoms with Crippen molar-refractivity contribution in [3.8, 4) is 5.69 Å². The second-order valence-electron chi connectivity index (χ2n) is 10.9. The maximum absolute atomic E-state index is 13.5. The normalized spacial score (nSPS) is 17.7. The van der Waals surface area contributed by atoms with Gasteiger partial charge in [0.2, 0.25) is 0 Å². The number of urea groups is 1. The third kappa shape index (κ3) is 4.67. The van der Waals surface area contributed by atoms with Crippen molar-refractivity contribution >= 4 is 21.6 Å². The summed E-state index contributed by atoms with van der Waals surface area (Å²) in [4.78, 5) is 18.0. The molecule has 0 radical (unpaired) electrons. The zero-order valence-corrected chi connectivity index (χ0v) is 22.2. The number of hydrogen-bond donors (Lipinski definition) is 3. The summed E-state index contributed by atoms with van der Waals surface area (Å²) in [5, 5.41) is 23.7. The van der Waals surface area contributed by atoms with Crippen molar-refractivity contribution in [2.45, 2.75) is 75.8 Å². The molecule has 37 heavy (non-hydrogen) atoms. The molecule has 1 aromatic carbocycles. The van der Waals surface area contributed by atoms with Crippen LogP contribution in [0.1, 0.15) is 68.7 Å². The molecule has 4 N–H and O–H groups in total. The number of pyridine rings is 1. The number of halogens is 1. The fourth-order valence-corrected chi connectivity index (χ4v) is 6.01. The summed E-state index contributed by atoms with van der Waals surface area (Å²) in [6, 6.07) is 5.95. The Morgan fingerprint density at radius 1 is 1.22 bits per heavy atom. The average Bonchev–Trinajstić information content (AvgIpc) is 3.51. The standard InChI is InChI=1S/C26H31FN6O3S/c1-25(2)13-12-18-22(17-6-5-7-19(17)29-23(18)25)30-24(34)32-37(28,36)21-14-20(26(3,4)35)33(31-21)16-10-8-15(27)9-11-16/h8-11,14,35H,5-7,12-13H2,1-4H3,(H3,28,29,30,32,34,36). The Balaban J connectivity index is 1.53. The van der Waals surface area contributed by atoms with E-state index in [0.717, 1.165) is 54.6 Å². The van der Waals surface area contributed by atoms with Gasteiger partial charge in [0, 0.05) is 17.2 Å². The molecular weight excluding hydrogens is 495 g/mol. The SMILES string of the molecule is CC(C)(O)c1cc(S(N)(=O)=NC(=O)Nc2c3c(nc4c2CCC4(C)C)CCC3)nn1-c1ccc(F)cc1. The first-order valence-corrected chi connectivity index (χ1v) is 13.8. The van der Waals surface area contributed by atoms with E-state index in [2.05, 4.69) is 28.6 Å². The number of aryl methyl sites for hydroxylation is 1. The van der Waals surface area contributed by atoms with Crippen LogP contribution in [-0.4, -0.2) is 30.1 Å². The van der Waals surface area contributed by atoms with Gasteiger partial charge in [-0.25, -0.2) is 23.2 Å². The minimum absolute atomic E-state index is 0.0916. The predicted octanol–water partition coefficient (Wildman–Crippen LogP) is 4.28. The third-order valence-electron chi connectivity index (χ3n) is 7.10. The minimum atomic E-state index is -3.78. The summed E-state index contributed by atoms with van der Waals surface area (Å²) < 4.78 is 32.1. The van der Waals surface area contributed by atoms with Crippen LogP contribution < -0.4 is 10.5 Å². The number of anilines is 1. The van der Waals surface area contributed by atoms with Crippen LogP contribution in [0.5, 0.6) is 0 Å². The molecule has 0 saturated heterocycles. The van der Waals surface area contributed by atoms with Gasteiger partial charge in [-0.1, -0.05) is 13.8 Å². The highest BCUT2D eigenvalue weighted by molar-refractivity contribution is 7.91. The Morgan fingerprint density at radius 2 is 1.92 bits per heavy atom. The number of hydrogen-bond acceptors (Lipinski definition) is 5. The number of aromatic nitrogens is 3. The lowest BCUT2D eigenvalue weighted by atomic mass is 9.90. The Bertz CT molecular complexity index is 1530. The zero-order valence-electron chi connectivity index (χ0n) is 21.3. The summed E-state index contributed by atoms with van der Waals surface area (Å²) in [5.41, 5.74) is 3.89. The molecule has 0 saturated carbocycles. The summed E-state index contributed by atoms with van der Waals surface area (Å²) in [6.45, 7) is 7.35. The van der Waals surface area contributed by atoms with E-state index in [1.165, 1.54) is 48.9 Å². The number of amides is 2. The lowest BCUT2D eigenvalue weighted by molar-refractivity contribution is 0.0711. The van der Waals surface area contributed by atoms with Crippen LogP contribution in [0, 0.1) is 5.82 Å². The average molecular weight is 527 g/mol. The van der Waals surface area contributed by atoms with Crippen LogP contribution in [0.15, 0.2) is 39.7 Å². The Morgan fingerprint density at radius 3 is 2.59 bits per heavy atom. The zero-order chi connectivity index (χ0) is 26.8. The van der Waals surface area contributed by atoms with Crippen molar-refractivity contribution in [3.05, 3.63) is 64.4 Å². The number of nitrogens with one attached hydrogen (secondary N) is 1. The molecule has 2 heterocycles. The van der Waals surface area contributed by atoms with E-state index in [0.29, 0.717) is 11.4 Å². The van der Waals surface area contributed by atoms with Crippen LogP contribution >= 0.6 is 0 Å². The van der Waals surface area contributed by atoms with Gasteiger partial charge >= 0.3 is 6.03 Å². The van der Waals surface area contributed by atoms with Crippen LogP contribution in [0.25, 0.3) is 5.69 Å². The molecule has 2 aliphatic rings. The summed E-state index contributed by atoms with van der Waals surface area (Å²) in [6.07, 6.45) is 4.33. The van der Waals surface area contributed by atoms with E-state index in [1.807, 2.05) is 0 Å². The molecule has 9 nitrogen and oxygen atoms in total. The van der Waals surface area contributed by atoms with E-state index < -0.39 is 27.4 Å². The van der Waals surface area contributed by atoms with Gasteiger partial charge in [0.25, 0.3) is 0 Å². The van der Waals surface area contributed by atoms with Crippen molar-refractivity contribution < 1.29 is 18.5 Å². The van der Waals surface area contributed by atoms with Crippen molar-refractivity contribution in [2.75, 3.05) is 5.32 Å². The van der Waals surface area contributed by atoms with Crippen molar-refractivity contribution in [1.82, 2.24) is 14.8 Å². The van der Waals surface area contributed by atoms with Gasteiger partial charge in [-0.05, 0) is 81.3 Å². The highest BCUT2D eigenvalue weighted by Gasteiger charge is 2.36. The Kier molecular flexibility index (Phi) is 6.00. The number of benzene rings is 1. The van der Waals surface area contributed by atoms with Gasteiger partial charge in [0.1, 0.15) is 11.4 Å². The molecule has 0 aliphatic heterocycles. The van der Waals surface area contributed by atoms with Gasteiger partial charge in [-0.2, -0.15) is 5.10 Å². The fraction of sp³-hybridized carbons (Fsp3) is 0.423. The largest absolute Gasteiger partial charge is 0.384 e. The summed E-state index contributed by atoms with van der Waals surface area (Å²) in [7, 11) is -3.78. The molecule has 1 unspecified atom stereocenters. The lowest BCUT2D eigenvalue weighted by Gasteiger charge is -2.20. The Hall–Kier alpha value is -3.15. The molecule has 11 heteroatoms. The van der Waals surface area contributed by atoms with Gasteiger partial charge in [-0.15, -0.1) is 4.36 Å². The molecule has 0 fully saturated rings. The molecule has 2 amide bonds. The molecule has 0 bridgehead atoms. The second kappa shape index (κ2) is 8.71. The number of rotatable bonds is 4. The first-order chi connectivity index (χ1) is 17.3. The van der Waals surface area contributed by atoms with Gasteiger partial charge in [0.05, 0.1) is 22.8 Å². The van der Waals surface area contributed by atoms with Gasteiger partial charge in [0.15, 0.2) is 14.9 Å². The fourth-order valence-electron chi connectivity index (χ4n) is 5.15. The predicted molar refractivity (Wildman–Crippen MR) is 138 cm³/mol. The monoisotopic (exact) mass is 526 g/mol. The summed E-state index contributed by atoms with van der Waals surface area (Å²) in [5.74, 6) is -0.437. The molecule has 1 atom stereocenters. The van der Waals surface area contributed by atoms with Crippen molar-refractivity contribution in [3.63, 3.8) is 0 Å². The number of carbonyl (C=O) groups is 1. The van der Waals surface area contributed by atoms with Crippen LogP contribution in [0.2, 0.25) is 0 Å². The second-order valence-corrected chi connectivity index (χ2v) is 12.6. The quantitative estimate of drug-likeness (QED) is 0.466. The van der Waals surface area contributed by atoms with Crippen molar-refractivity contribution in [2.24, 2.45) is 9.50 Å².